The molecule has 42 heavy (non-hydrogen) atoms. The Morgan fingerprint density at radius 2 is 1.90 bits per heavy atom. The molecule has 0 saturated heterocycles. The largest absolute Gasteiger partial charge is 0.503 e. The minimum atomic E-state index is -0.716. The molecule has 13 heteroatoms. The number of amides is 2. The Morgan fingerprint density at radius 1 is 1.14 bits per heavy atom. The summed E-state index contributed by atoms with van der Waals surface area (Å²) in [6.07, 6.45) is 0.941. The van der Waals surface area contributed by atoms with E-state index in [4.69, 9.17) is 0 Å². The standard InChI is InChI=1S/C29H31F2N7O4/c1-14(2)18(11-22-20(31)13-32-27(34-22)24-19-9-16(30)5-6-21(19)35-36-24)28(41)33-12-17-10-23(39)26(40)25-29(42)37(15(3)4)7-8-38(17)25/h5-6,9-10,13-15,18,40H,7-8,11-12H2,1-4H3,(H,33,41)(H,35,36)/t18-/m0/s1. The van der Waals surface area contributed by atoms with Crippen LogP contribution in [0.2, 0.25) is 0 Å². The number of carbonyl (C=O) groups is 2. The van der Waals surface area contributed by atoms with Crippen LogP contribution in [-0.2, 0) is 24.3 Å². The molecule has 0 unspecified atom stereocenters. The summed E-state index contributed by atoms with van der Waals surface area (Å²) in [6.45, 7) is 7.97. The molecule has 3 N–H and O–H groups in total. The van der Waals surface area contributed by atoms with E-state index in [1.807, 2.05) is 27.7 Å². The lowest BCUT2D eigenvalue weighted by Gasteiger charge is -2.34. The van der Waals surface area contributed by atoms with Gasteiger partial charge in [-0.05, 0) is 38.0 Å². The van der Waals surface area contributed by atoms with E-state index in [0.717, 1.165) is 6.20 Å². The lowest BCUT2D eigenvalue weighted by Crippen LogP contribution is -2.46. The van der Waals surface area contributed by atoms with Gasteiger partial charge in [-0.3, -0.25) is 19.5 Å². The quantitative estimate of drug-likeness (QED) is 0.291. The van der Waals surface area contributed by atoms with Gasteiger partial charge in [0.1, 0.15) is 11.5 Å². The third kappa shape index (κ3) is 5.33. The molecular formula is C29H31F2N7O4. The van der Waals surface area contributed by atoms with Crippen molar-refractivity contribution < 1.29 is 23.5 Å². The number of nitrogens with one attached hydrogen (secondary N) is 2. The topological polar surface area (TPSA) is 146 Å². The number of fused-ring (bicyclic) bond motifs is 2. The van der Waals surface area contributed by atoms with E-state index >= 15 is 0 Å². The summed E-state index contributed by atoms with van der Waals surface area (Å²) in [5, 5.41) is 20.6. The molecule has 4 heterocycles. The van der Waals surface area contributed by atoms with E-state index in [9.17, 15) is 28.3 Å². The van der Waals surface area contributed by atoms with E-state index in [1.54, 1.807) is 9.47 Å². The van der Waals surface area contributed by atoms with Crippen molar-refractivity contribution in [3.63, 3.8) is 0 Å². The molecule has 3 aromatic heterocycles. The zero-order valence-corrected chi connectivity index (χ0v) is 23.6. The Bertz CT molecular complexity index is 1750. The second-order valence-corrected chi connectivity index (χ2v) is 11.0. The van der Waals surface area contributed by atoms with Gasteiger partial charge in [0, 0.05) is 48.6 Å². The lowest BCUT2D eigenvalue weighted by atomic mass is 9.90. The minimum Gasteiger partial charge on any atom is -0.503 e. The highest BCUT2D eigenvalue weighted by atomic mass is 19.1. The maximum atomic E-state index is 14.9. The molecule has 1 aliphatic heterocycles. The number of hydrogen-bond donors (Lipinski definition) is 3. The average Bonchev–Trinajstić information content (AvgIpc) is 3.36. The minimum absolute atomic E-state index is 0.000918. The second kappa shape index (κ2) is 11.3. The van der Waals surface area contributed by atoms with E-state index in [0.29, 0.717) is 29.7 Å². The molecule has 1 aliphatic rings. The molecule has 0 bridgehead atoms. The van der Waals surface area contributed by atoms with Crippen molar-refractivity contribution >= 4 is 22.7 Å². The van der Waals surface area contributed by atoms with Gasteiger partial charge in [0.15, 0.2) is 23.1 Å². The van der Waals surface area contributed by atoms with Crippen molar-refractivity contribution in [2.75, 3.05) is 6.54 Å². The maximum Gasteiger partial charge on any atom is 0.274 e. The highest BCUT2D eigenvalue weighted by Gasteiger charge is 2.32. The number of nitrogens with zero attached hydrogens (tertiary/aromatic N) is 5. The smallest absolute Gasteiger partial charge is 0.274 e. The van der Waals surface area contributed by atoms with Crippen molar-refractivity contribution in [1.29, 1.82) is 0 Å². The summed E-state index contributed by atoms with van der Waals surface area (Å²) < 4.78 is 30.3. The van der Waals surface area contributed by atoms with Gasteiger partial charge >= 0.3 is 0 Å². The first kappa shape index (κ1) is 28.8. The number of halogens is 2. The maximum absolute atomic E-state index is 14.9. The summed E-state index contributed by atoms with van der Waals surface area (Å²) in [7, 11) is 0. The summed E-state index contributed by atoms with van der Waals surface area (Å²) in [6, 6.07) is 5.18. The van der Waals surface area contributed by atoms with Crippen molar-refractivity contribution in [2.24, 2.45) is 11.8 Å². The monoisotopic (exact) mass is 579 g/mol. The Hall–Kier alpha value is -4.68. The molecule has 220 valence electrons. The number of carbonyl (C=O) groups excluding carboxylic acids is 2. The van der Waals surface area contributed by atoms with Crippen LogP contribution in [0.1, 0.15) is 49.6 Å². The second-order valence-electron chi connectivity index (χ2n) is 11.0. The van der Waals surface area contributed by atoms with Gasteiger partial charge in [-0.1, -0.05) is 13.8 Å². The van der Waals surface area contributed by atoms with Crippen LogP contribution in [0.4, 0.5) is 8.78 Å². The summed E-state index contributed by atoms with van der Waals surface area (Å²) in [4.78, 5) is 48.8. The number of H-pyrrole nitrogens is 1. The lowest BCUT2D eigenvalue weighted by molar-refractivity contribution is -0.126. The zero-order chi connectivity index (χ0) is 30.3. The van der Waals surface area contributed by atoms with Crippen LogP contribution >= 0.6 is 0 Å². The van der Waals surface area contributed by atoms with Crippen LogP contribution in [0.5, 0.6) is 5.75 Å². The first-order valence-corrected chi connectivity index (χ1v) is 13.7. The summed E-state index contributed by atoms with van der Waals surface area (Å²) >= 11 is 0. The zero-order valence-electron chi connectivity index (χ0n) is 23.6. The highest BCUT2D eigenvalue weighted by Crippen LogP contribution is 2.27. The number of rotatable bonds is 8. The van der Waals surface area contributed by atoms with Crippen LogP contribution < -0.4 is 10.7 Å². The van der Waals surface area contributed by atoms with Crippen LogP contribution in [0.15, 0.2) is 35.3 Å². The Morgan fingerprint density at radius 3 is 2.62 bits per heavy atom. The van der Waals surface area contributed by atoms with Crippen molar-refractivity contribution in [3.8, 4) is 17.3 Å². The molecule has 11 nitrogen and oxygen atoms in total. The van der Waals surface area contributed by atoms with E-state index < -0.39 is 40.5 Å². The van der Waals surface area contributed by atoms with E-state index in [1.165, 1.54) is 24.3 Å². The molecule has 0 aliphatic carbocycles. The molecule has 4 aromatic rings. The highest BCUT2D eigenvalue weighted by molar-refractivity contribution is 5.96. The fourth-order valence-corrected chi connectivity index (χ4v) is 5.21. The molecule has 1 atom stereocenters. The number of aromatic nitrogens is 5. The van der Waals surface area contributed by atoms with Crippen LogP contribution in [-0.4, -0.2) is 59.1 Å². The molecule has 0 fully saturated rings. The molecule has 2 amide bonds. The Labute approximate surface area is 239 Å². The van der Waals surface area contributed by atoms with Gasteiger partial charge in [-0.15, -0.1) is 0 Å². The summed E-state index contributed by atoms with van der Waals surface area (Å²) in [5.41, 5.74) is 0.367. The van der Waals surface area contributed by atoms with Gasteiger partial charge in [-0.2, -0.15) is 5.10 Å². The van der Waals surface area contributed by atoms with Crippen LogP contribution in [0.3, 0.4) is 0 Å². The predicted molar refractivity (Wildman–Crippen MR) is 149 cm³/mol. The number of aromatic hydroxyl groups is 1. The van der Waals surface area contributed by atoms with E-state index in [-0.39, 0.29) is 47.8 Å². The molecule has 0 spiro atoms. The third-order valence-electron chi connectivity index (χ3n) is 7.58. The first-order chi connectivity index (χ1) is 20.0. The average molecular weight is 580 g/mol. The molecule has 1 aromatic carbocycles. The number of aromatic amines is 1. The predicted octanol–water partition coefficient (Wildman–Crippen LogP) is 3.16. The van der Waals surface area contributed by atoms with Crippen LogP contribution in [0, 0.1) is 23.5 Å². The van der Waals surface area contributed by atoms with E-state index in [2.05, 4.69) is 25.5 Å². The van der Waals surface area contributed by atoms with Gasteiger partial charge < -0.3 is 19.9 Å². The molecule has 0 radical (unpaired) electrons. The Kier molecular flexibility index (Phi) is 7.76. The van der Waals surface area contributed by atoms with Crippen molar-refractivity contribution in [3.05, 3.63) is 69.4 Å². The van der Waals surface area contributed by atoms with Gasteiger partial charge in [0.25, 0.3) is 5.91 Å². The number of pyridine rings is 1. The molecule has 5 rings (SSSR count). The fourth-order valence-electron chi connectivity index (χ4n) is 5.21. The molecule has 0 saturated carbocycles. The fraction of sp³-hybridized carbons (Fsp3) is 0.379. The number of benzene rings is 1. The normalized spacial score (nSPS) is 14.1. The van der Waals surface area contributed by atoms with Crippen molar-refractivity contribution in [1.82, 2.24) is 34.9 Å². The van der Waals surface area contributed by atoms with Gasteiger partial charge in [0.2, 0.25) is 11.3 Å². The summed E-state index contributed by atoms with van der Waals surface area (Å²) in [5.74, 6) is -3.50. The molecular weight excluding hydrogens is 548 g/mol. The van der Waals surface area contributed by atoms with Gasteiger partial charge in [0.05, 0.1) is 24.0 Å². The Balaban J connectivity index is 1.38. The van der Waals surface area contributed by atoms with Crippen molar-refractivity contribution in [2.45, 2.75) is 53.2 Å². The third-order valence-corrected chi connectivity index (χ3v) is 7.58. The van der Waals surface area contributed by atoms with Gasteiger partial charge in [-0.25, -0.2) is 18.7 Å². The SMILES string of the molecule is CC(C)[C@H](Cc1nc(-c2n[nH]c3ccc(F)cc23)ncc1F)C(=O)NCc1cc(=O)c(O)c2n1CCN(C(C)C)C2=O. The van der Waals surface area contributed by atoms with Crippen LogP contribution in [0.25, 0.3) is 22.4 Å². The number of hydrogen-bond acceptors (Lipinski definition) is 7. The first-order valence-electron chi connectivity index (χ1n) is 13.7.